The summed E-state index contributed by atoms with van der Waals surface area (Å²) in [6.45, 7) is 0.351. The van der Waals surface area contributed by atoms with Gasteiger partial charge in [0.15, 0.2) is 0 Å². The van der Waals surface area contributed by atoms with Crippen molar-refractivity contribution in [3.05, 3.63) is 34.6 Å². The highest BCUT2D eigenvalue weighted by molar-refractivity contribution is 9.10. The van der Waals surface area contributed by atoms with Crippen LogP contribution in [0.1, 0.15) is 5.69 Å². The number of methoxy groups -OCH3 is 1. The third kappa shape index (κ3) is 3.55. The van der Waals surface area contributed by atoms with Crippen LogP contribution in [0.25, 0.3) is 0 Å². The van der Waals surface area contributed by atoms with Crippen LogP contribution in [0.3, 0.4) is 0 Å². The smallest absolute Gasteiger partial charge is 0.246 e. The summed E-state index contributed by atoms with van der Waals surface area (Å²) >= 11 is 3.35. The van der Waals surface area contributed by atoms with Crippen LogP contribution in [0.4, 0.5) is 5.69 Å². The molecule has 2 aromatic rings. The second-order valence-electron chi connectivity index (χ2n) is 4.00. The van der Waals surface area contributed by atoms with Crippen molar-refractivity contribution in [1.29, 1.82) is 0 Å². The van der Waals surface area contributed by atoms with Crippen molar-refractivity contribution >= 4 is 27.5 Å². The second kappa shape index (κ2) is 6.49. The Kier molecular flexibility index (Phi) is 4.70. The Balaban J connectivity index is 2.06. The molecule has 0 bridgehead atoms. The number of rotatable bonds is 5. The van der Waals surface area contributed by atoms with Gasteiger partial charge in [0.05, 0.1) is 24.7 Å². The second-order valence-corrected chi connectivity index (χ2v) is 4.92. The lowest BCUT2D eigenvalue weighted by Crippen LogP contribution is -2.19. The third-order valence-corrected chi connectivity index (χ3v) is 3.03. The fourth-order valence-electron chi connectivity index (χ4n) is 1.62. The molecule has 0 saturated heterocycles. The van der Waals surface area contributed by atoms with Gasteiger partial charge in [-0.15, -0.1) is 5.10 Å². The van der Waals surface area contributed by atoms with Crippen LogP contribution in [0.15, 0.2) is 28.9 Å². The number of amides is 1. The fraction of sp³-hybridized carbons (Fsp3) is 0.250. The molecule has 1 amide bonds. The van der Waals surface area contributed by atoms with Crippen molar-refractivity contribution in [1.82, 2.24) is 15.0 Å². The van der Waals surface area contributed by atoms with Gasteiger partial charge in [0.2, 0.25) is 5.91 Å². The molecule has 0 aliphatic rings. The highest BCUT2D eigenvalue weighted by Gasteiger charge is 2.10. The maximum absolute atomic E-state index is 12.0. The quantitative estimate of drug-likeness (QED) is 0.851. The number of carbonyl (C=O) groups is 1. The first kappa shape index (κ1) is 14.5. The lowest BCUT2D eigenvalue weighted by molar-refractivity contribution is -0.116. The van der Waals surface area contributed by atoms with Gasteiger partial charge in [-0.3, -0.25) is 4.79 Å². The lowest BCUT2D eigenvalue weighted by atomic mass is 10.3. The molecule has 8 heteroatoms. The molecule has 0 aliphatic heterocycles. The van der Waals surface area contributed by atoms with E-state index < -0.39 is 0 Å². The summed E-state index contributed by atoms with van der Waals surface area (Å²) in [6, 6.07) is 5.37. The molecule has 0 saturated carbocycles. The number of halogens is 1. The standard InChI is InChI=1S/C12H14BrN5O2/c1-20-11-3-2-8(13)4-10(11)15-12(19)7-18-6-9(5-14)16-17-18/h2-4,6H,5,7,14H2,1H3,(H,15,19). The molecule has 7 nitrogen and oxygen atoms in total. The molecule has 0 aliphatic carbocycles. The summed E-state index contributed by atoms with van der Waals surface area (Å²) in [7, 11) is 1.55. The third-order valence-electron chi connectivity index (χ3n) is 2.54. The molecule has 0 atom stereocenters. The average molecular weight is 340 g/mol. The maximum Gasteiger partial charge on any atom is 0.246 e. The van der Waals surface area contributed by atoms with Crippen molar-refractivity contribution < 1.29 is 9.53 Å². The monoisotopic (exact) mass is 339 g/mol. The first-order chi connectivity index (χ1) is 9.62. The van der Waals surface area contributed by atoms with E-state index in [2.05, 4.69) is 31.6 Å². The average Bonchev–Trinajstić information content (AvgIpc) is 2.86. The van der Waals surface area contributed by atoms with Crippen molar-refractivity contribution in [3.63, 3.8) is 0 Å². The van der Waals surface area contributed by atoms with E-state index in [1.165, 1.54) is 4.68 Å². The topological polar surface area (TPSA) is 95.1 Å². The van der Waals surface area contributed by atoms with Gasteiger partial charge in [0.1, 0.15) is 12.3 Å². The number of anilines is 1. The zero-order chi connectivity index (χ0) is 14.5. The summed E-state index contributed by atoms with van der Waals surface area (Å²) in [6.07, 6.45) is 1.64. The molecule has 1 aromatic heterocycles. The van der Waals surface area contributed by atoms with E-state index in [9.17, 15) is 4.79 Å². The molecule has 20 heavy (non-hydrogen) atoms. The Labute approximate surface area is 124 Å². The molecule has 0 fully saturated rings. The van der Waals surface area contributed by atoms with Gasteiger partial charge in [-0.1, -0.05) is 21.1 Å². The van der Waals surface area contributed by atoms with Gasteiger partial charge in [-0.05, 0) is 18.2 Å². The summed E-state index contributed by atoms with van der Waals surface area (Å²) in [5.41, 5.74) is 6.66. The van der Waals surface area contributed by atoms with Crippen LogP contribution in [-0.2, 0) is 17.9 Å². The van der Waals surface area contributed by atoms with E-state index in [1.807, 2.05) is 6.07 Å². The minimum absolute atomic E-state index is 0.0582. The summed E-state index contributed by atoms with van der Waals surface area (Å²) < 4.78 is 7.47. The van der Waals surface area contributed by atoms with Gasteiger partial charge >= 0.3 is 0 Å². The Hall–Kier alpha value is -1.93. The number of carbonyl (C=O) groups excluding carboxylic acids is 1. The van der Waals surface area contributed by atoms with Crippen LogP contribution >= 0.6 is 15.9 Å². The number of ether oxygens (including phenoxy) is 1. The van der Waals surface area contributed by atoms with Crippen molar-refractivity contribution in [2.24, 2.45) is 5.73 Å². The number of hydrogen-bond donors (Lipinski definition) is 2. The highest BCUT2D eigenvalue weighted by Crippen LogP contribution is 2.27. The molecular weight excluding hydrogens is 326 g/mol. The van der Waals surface area contributed by atoms with Crippen LogP contribution in [0, 0.1) is 0 Å². The van der Waals surface area contributed by atoms with E-state index in [4.69, 9.17) is 10.5 Å². The zero-order valence-electron chi connectivity index (χ0n) is 10.8. The largest absolute Gasteiger partial charge is 0.495 e. The molecule has 3 N–H and O–H groups in total. The van der Waals surface area contributed by atoms with E-state index in [-0.39, 0.29) is 12.5 Å². The van der Waals surface area contributed by atoms with E-state index in [0.29, 0.717) is 23.7 Å². The molecule has 0 spiro atoms. The Bertz CT molecular complexity index is 614. The van der Waals surface area contributed by atoms with Crippen molar-refractivity contribution in [3.8, 4) is 5.75 Å². The van der Waals surface area contributed by atoms with Gasteiger partial charge < -0.3 is 15.8 Å². The molecule has 106 valence electrons. The number of nitrogens with zero attached hydrogens (tertiary/aromatic N) is 3. The number of hydrogen-bond acceptors (Lipinski definition) is 5. The summed E-state index contributed by atoms with van der Waals surface area (Å²) in [5.74, 6) is 0.359. The first-order valence-electron chi connectivity index (χ1n) is 5.85. The van der Waals surface area contributed by atoms with Gasteiger partial charge in [0, 0.05) is 11.0 Å². The van der Waals surface area contributed by atoms with Crippen LogP contribution in [0.2, 0.25) is 0 Å². The highest BCUT2D eigenvalue weighted by atomic mass is 79.9. The van der Waals surface area contributed by atoms with E-state index in [0.717, 1.165) is 4.47 Å². The molecule has 0 unspecified atom stereocenters. The molecular formula is C12H14BrN5O2. The maximum atomic E-state index is 12.0. The summed E-state index contributed by atoms with van der Waals surface area (Å²) in [5, 5.41) is 10.4. The van der Waals surface area contributed by atoms with Gasteiger partial charge in [-0.25, -0.2) is 4.68 Å². The molecule has 0 radical (unpaired) electrons. The first-order valence-corrected chi connectivity index (χ1v) is 6.64. The van der Waals surface area contributed by atoms with E-state index >= 15 is 0 Å². The summed E-state index contributed by atoms with van der Waals surface area (Å²) in [4.78, 5) is 12.0. The van der Waals surface area contributed by atoms with Crippen molar-refractivity contribution in [2.45, 2.75) is 13.1 Å². The van der Waals surface area contributed by atoms with Crippen LogP contribution in [-0.4, -0.2) is 28.0 Å². The van der Waals surface area contributed by atoms with Crippen LogP contribution < -0.4 is 15.8 Å². The van der Waals surface area contributed by atoms with Gasteiger partial charge in [-0.2, -0.15) is 0 Å². The Morgan fingerprint density at radius 1 is 1.55 bits per heavy atom. The predicted molar refractivity (Wildman–Crippen MR) is 77.2 cm³/mol. The SMILES string of the molecule is COc1ccc(Br)cc1NC(=O)Cn1cc(CN)nn1. The molecule has 2 rings (SSSR count). The number of nitrogens with two attached hydrogens (primary N) is 1. The Morgan fingerprint density at radius 2 is 2.35 bits per heavy atom. The molecule has 1 aromatic carbocycles. The van der Waals surface area contributed by atoms with Gasteiger partial charge in [0.25, 0.3) is 0 Å². The van der Waals surface area contributed by atoms with Crippen molar-refractivity contribution in [2.75, 3.05) is 12.4 Å². The lowest BCUT2D eigenvalue weighted by Gasteiger charge is -2.10. The van der Waals surface area contributed by atoms with Crippen LogP contribution in [0.5, 0.6) is 5.75 Å². The minimum Gasteiger partial charge on any atom is -0.495 e. The van der Waals surface area contributed by atoms with E-state index in [1.54, 1.807) is 25.4 Å². The minimum atomic E-state index is -0.227. The fourth-order valence-corrected chi connectivity index (χ4v) is 1.99. The molecule has 1 heterocycles. The number of benzene rings is 1. The number of nitrogens with one attached hydrogen (secondary N) is 1. The normalized spacial score (nSPS) is 10.3. The number of aromatic nitrogens is 3. The Morgan fingerprint density at radius 3 is 3.00 bits per heavy atom. The zero-order valence-corrected chi connectivity index (χ0v) is 12.4. The predicted octanol–water partition coefficient (Wildman–Crippen LogP) is 1.15.